The van der Waals surface area contributed by atoms with Crippen LogP contribution in [0.25, 0.3) is 5.65 Å². The second kappa shape index (κ2) is 6.72. The summed E-state index contributed by atoms with van der Waals surface area (Å²) >= 11 is 0. The minimum Gasteiger partial charge on any atom is -0.370 e. The standard InChI is InChI=1S/C17H21N5O2S/c1-4-10-19-14-11-12(2)20-17-15(16(18-3)21-22(14)17)25(23,24)13-8-6-5-7-9-13/h5-9,11,19H,4,10H2,1-3H3,(H,18,21). The van der Waals surface area contributed by atoms with Gasteiger partial charge in [0.15, 0.2) is 16.4 Å². The summed E-state index contributed by atoms with van der Waals surface area (Å²) in [5.41, 5.74) is 1.03. The van der Waals surface area contributed by atoms with Gasteiger partial charge in [-0.25, -0.2) is 13.4 Å². The Bertz CT molecular complexity index is 997. The van der Waals surface area contributed by atoms with Crippen LogP contribution in [0.4, 0.5) is 11.6 Å². The Balaban J connectivity index is 2.30. The lowest BCUT2D eigenvalue weighted by atomic mass is 10.4. The highest BCUT2D eigenvalue weighted by Gasteiger charge is 2.29. The van der Waals surface area contributed by atoms with E-state index in [1.807, 2.05) is 13.0 Å². The quantitative estimate of drug-likeness (QED) is 0.703. The van der Waals surface area contributed by atoms with Crippen LogP contribution in [0.15, 0.2) is 46.2 Å². The average molecular weight is 359 g/mol. The third-order valence-electron chi connectivity index (χ3n) is 3.79. The zero-order valence-electron chi connectivity index (χ0n) is 14.4. The zero-order valence-corrected chi connectivity index (χ0v) is 15.3. The van der Waals surface area contributed by atoms with Crippen molar-refractivity contribution >= 4 is 27.1 Å². The van der Waals surface area contributed by atoms with Gasteiger partial charge >= 0.3 is 0 Å². The van der Waals surface area contributed by atoms with E-state index in [2.05, 4.69) is 27.6 Å². The van der Waals surface area contributed by atoms with Crippen molar-refractivity contribution in [2.45, 2.75) is 30.1 Å². The predicted octanol–water partition coefficient (Wildman–Crippen LogP) is 2.73. The smallest absolute Gasteiger partial charge is 0.214 e. The van der Waals surface area contributed by atoms with Crippen molar-refractivity contribution in [2.75, 3.05) is 24.2 Å². The molecule has 0 aliphatic carbocycles. The van der Waals surface area contributed by atoms with E-state index in [1.165, 1.54) is 0 Å². The molecule has 8 heteroatoms. The minimum atomic E-state index is -3.76. The van der Waals surface area contributed by atoms with Crippen LogP contribution >= 0.6 is 0 Å². The predicted molar refractivity (Wildman–Crippen MR) is 97.9 cm³/mol. The van der Waals surface area contributed by atoms with E-state index in [-0.39, 0.29) is 15.6 Å². The maximum atomic E-state index is 13.2. The summed E-state index contributed by atoms with van der Waals surface area (Å²) in [5, 5.41) is 10.6. The van der Waals surface area contributed by atoms with E-state index in [1.54, 1.807) is 41.9 Å². The van der Waals surface area contributed by atoms with E-state index in [9.17, 15) is 8.42 Å². The van der Waals surface area contributed by atoms with Gasteiger partial charge in [-0.1, -0.05) is 25.1 Å². The first-order valence-corrected chi connectivity index (χ1v) is 9.59. The number of aryl methyl sites for hydroxylation is 1. The van der Waals surface area contributed by atoms with Gasteiger partial charge in [-0.2, -0.15) is 4.52 Å². The fraction of sp³-hybridized carbons (Fsp3) is 0.294. The molecule has 0 saturated carbocycles. The van der Waals surface area contributed by atoms with Crippen LogP contribution in [0.3, 0.4) is 0 Å². The van der Waals surface area contributed by atoms with Gasteiger partial charge in [-0.05, 0) is 25.5 Å². The van der Waals surface area contributed by atoms with Crippen LogP contribution in [-0.4, -0.2) is 36.6 Å². The number of hydrogen-bond donors (Lipinski definition) is 2. The van der Waals surface area contributed by atoms with Crippen molar-refractivity contribution in [3.63, 3.8) is 0 Å². The van der Waals surface area contributed by atoms with E-state index >= 15 is 0 Å². The topological polar surface area (TPSA) is 88.4 Å². The maximum Gasteiger partial charge on any atom is 0.214 e. The highest BCUT2D eigenvalue weighted by molar-refractivity contribution is 7.91. The fourth-order valence-electron chi connectivity index (χ4n) is 2.63. The third kappa shape index (κ3) is 3.05. The number of hydrogen-bond acceptors (Lipinski definition) is 6. The second-order valence-corrected chi connectivity index (χ2v) is 7.58. The van der Waals surface area contributed by atoms with E-state index in [0.29, 0.717) is 5.65 Å². The van der Waals surface area contributed by atoms with Gasteiger partial charge in [0.2, 0.25) is 9.84 Å². The summed E-state index contributed by atoms with van der Waals surface area (Å²) in [7, 11) is -2.10. The van der Waals surface area contributed by atoms with Crippen LogP contribution in [0.2, 0.25) is 0 Å². The summed E-state index contributed by atoms with van der Waals surface area (Å²) in [6.07, 6.45) is 0.943. The number of fused-ring (bicyclic) bond motifs is 1. The number of benzene rings is 1. The van der Waals surface area contributed by atoms with Crippen molar-refractivity contribution in [1.82, 2.24) is 14.6 Å². The van der Waals surface area contributed by atoms with Gasteiger partial charge in [0.05, 0.1) is 4.90 Å². The van der Waals surface area contributed by atoms with Crippen LogP contribution < -0.4 is 10.6 Å². The lowest BCUT2D eigenvalue weighted by Gasteiger charge is -2.08. The van der Waals surface area contributed by atoms with Gasteiger partial charge < -0.3 is 10.6 Å². The molecule has 2 N–H and O–H groups in total. The molecule has 0 fully saturated rings. The van der Waals surface area contributed by atoms with E-state index in [4.69, 9.17) is 0 Å². The van der Waals surface area contributed by atoms with Gasteiger partial charge in [-0.15, -0.1) is 5.10 Å². The SMILES string of the molecule is CCCNc1cc(C)nc2c(S(=O)(=O)c3ccccc3)c(NC)nn12. The molecular weight excluding hydrogens is 338 g/mol. The molecule has 3 rings (SSSR count). The summed E-state index contributed by atoms with van der Waals surface area (Å²) in [4.78, 5) is 4.75. The molecule has 0 unspecified atom stereocenters. The van der Waals surface area contributed by atoms with E-state index in [0.717, 1.165) is 24.5 Å². The zero-order chi connectivity index (χ0) is 18.0. The third-order valence-corrected chi connectivity index (χ3v) is 5.60. The summed E-state index contributed by atoms with van der Waals surface area (Å²) in [6, 6.07) is 10.2. The highest BCUT2D eigenvalue weighted by atomic mass is 32.2. The first kappa shape index (κ1) is 17.2. The first-order chi connectivity index (χ1) is 12.0. The van der Waals surface area contributed by atoms with Crippen LogP contribution in [0.5, 0.6) is 0 Å². The molecule has 7 nitrogen and oxygen atoms in total. The van der Waals surface area contributed by atoms with Gasteiger partial charge in [0.1, 0.15) is 5.82 Å². The molecule has 1 aromatic carbocycles. The molecule has 0 aliphatic rings. The largest absolute Gasteiger partial charge is 0.370 e. The summed E-state index contributed by atoms with van der Waals surface area (Å²) in [5.74, 6) is 0.997. The molecule has 0 amide bonds. The summed E-state index contributed by atoms with van der Waals surface area (Å²) in [6.45, 7) is 4.65. The first-order valence-electron chi connectivity index (χ1n) is 8.11. The Hall–Kier alpha value is -2.61. The normalized spacial score (nSPS) is 11.6. The minimum absolute atomic E-state index is 0.0875. The average Bonchev–Trinajstić information content (AvgIpc) is 2.99. The Morgan fingerprint density at radius 1 is 1.20 bits per heavy atom. The molecule has 0 saturated heterocycles. The number of anilines is 2. The maximum absolute atomic E-state index is 13.2. The van der Waals surface area contributed by atoms with Gasteiger partial charge in [-0.3, -0.25) is 0 Å². The molecule has 0 aliphatic heterocycles. The molecule has 0 atom stereocenters. The number of sulfone groups is 1. The molecule has 2 aromatic heterocycles. The molecule has 25 heavy (non-hydrogen) atoms. The van der Waals surface area contributed by atoms with Crippen LogP contribution in [-0.2, 0) is 9.84 Å². The highest BCUT2D eigenvalue weighted by Crippen LogP contribution is 2.31. The monoisotopic (exact) mass is 359 g/mol. The molecular formula is C17H21N5O2S. The van der Waals surface area contributed by atoms with Gasteiger partial charge in [0.25, 0.3) is 0 Å². The fourth-order valence-corrected chi connectivity index (χ4v) is 4.15. The summed E-state index contributed by atoms with van der Waals surface area (Å²) < 4.78 is 27.9. The number of nitrogens with one attached hydrogen (secondary N) is 2. The van der Waals surface area contributed by atoms with Crippen molar-refractivity contribution in [3.05, 3.63) is 42.1 Å². The van der Waals surface area contributed by atoms with Crippen molar-refractivity contribution in [1.29, 1.82) is 0 Å². The molecule has 2 heterocycles. The Kier molecular flexibility index (Phi) is 4.63. The molecule has 3 aromatic rings. The van der Waals surface area contributed by atoms with Crippen molar-refractivity contribution < 1.29 is 8.42 Å². The number of rotatable bonds is 6. The molecule has 132 valence electrons. The number of nitrogens with zero attached hydrogens (tertiary/aromatic N) is 3. The second-order valence-electron chi connectivity index (χ2n) is 5.69. The lowest BCUT2D eigenvalue weighted by molar-refractivity contribution is 0.597. The molecule has 0 bridgehead atoms. The lowest BCUT2D eigenvalue weighted by Crippen LogP contribution is -2.08. The number of aromatic nitrogens is 3. The molecule has 0 spiro atoms. The van der Waals surface area contributed by atoms with E-state index < -0.39 is 9.84 Å². The van der Waals surface area contributed by atoms with Crippen molar-refractivity contribution in [3.8, 4) is 0 Å². The van der Waals surface area contributed by atoms with Gasteiger partial charge in [0, 0.05) is 25.4 Å². The van der Waals surface area contributed by atoms with Crippen molar-refractivity contribution in [2.24, 2.45) is 0 Å². The Morgan fingerprint density at radius 2 is 1.92 bits per heavy atom. The Morgan fingerprint density at radius 3 is 2.56 bits per heavy atom. The molecule has 0 radical (unpaired) electrons. The van der Waals surface area contributed by atoms with Crippen LogP contribution in [0, 0.1) is 6.92 Å². The van der Waals surface area contributed by atoms with Crippen LogP contribution in [0.1, 0.15) is 19.0 Å². The Labute approximate surface area is 147 Å².